The average Bonchev–Trinajstić information content (AvgIpc) is 2.88. The topological polar surface area (TPSA) is 72.8 Å². The summed E-state index contributed by atoms with van der Waals surface area (Å²) >= 11 is 0. The first-order valence-electron chi connectivity index (χ1n) is 7.09. The van der Waals surface area contributed by atoms with Crippen LogP contribution in [0.15, 0.2) is 0 Å². The standard InChI is InChI=1S/C8H14O3.C6H10O2/c1-7-3-2-5-10-6-4-8(9)11-7;7-6(8)5-3-1-2-4-5/h7H,2-6H2,1H3;5H,1-4H2,(H,7,8). The van der Waals surface area contributed by atoms with Gasteiger partial charge in [-0.2, -0.15) is 0 Å². The van der Waals surface area contributed by atoms with Crippen LogP contribution in [0.4, 0.5) is 0 Å². The molecule has 0 amide bonds. The summed E-state index contributed by atoms with van der Waals surface area (Å²) in [5, 5.41) is 8.41. The van der Waals surface area contributed by atoms with Gasteiger partial charge < -0.3 is 14.6 Å². The molecule has 1 aliphatic carbocycles. The number of ether oxygens (including phenoxy) is 2. The zero-order valence-electron chi connectivity index (χ0n) is 11.6. The van der Waals surface area contributed by atoms with Crippen LogP contribution < -0.4 is 0 Å². The van der Waals surface area contributed by atoms with E-state index in [-0.39, 0.29) is 18.0 Å². The number of carboxylic acid groups (broad SMARTS) is 1. The SMILES string of the molecule is CC1CCCOCCC(=O)O1.O=C(O)C1CCCC1. The summed E-state index contributed by atoms with van der Waals surface area (Å²) < 4.78 is 10.2. The predicted octanol–water partition coefficient (Wildman–Crippen LogP) is 2.38. The van der Waals surface area contributed by atoms with Crippen LogP contribution in [0.3, 0.4) is 0 Å². The minimum atomic E-state index is -0.609. The van der Waals surface area contributed by atoms with E-state index in [2.05, 4.69) is 0 Å². The summed E-state index contributed by atoms with van der Waals surface area (Å²) in [7, 11) is 0. The van der Waals surface area contributed by atoms with E-state index in [1.165, 1.54) is 0 Å². The minimum absolute atomic E-state index is 0.0185. The highest BCUT2D eigenvalue weighted by molar-refractivity contribution is 5.70. The van der Waals surface area contributed by atoms with E-state index < -0.39 is 5.97 Å². The summed E-state index contributed by atoms with van der Waals surface area (Å²) in [6, 6.07) is 0. The van der Waals surface area contributed by atoms with E-state index in [1.807, 2.05) is 6.92 Å². The molecule has 1 atom stereocenters. The smallest absolute Gasteiger partial charge is 0.308 e. The van der Waals surface area contributed by atoms with E-state index in [4.69, 9.17) is 14.6 Å². The molecule has 2 fully saturated rings. The molecule has 1 heterocycles. The largest absolute Gasteiger partial charge is 0.481 e. The number of carbonyl (C=O) groups excluding carboxylic acids is 1. The van der Waals surface area contributed by atoms with Gasteiger partial charge in [-0.05, 0) is 32.6 Å². The molecule has 1 aliphatic heterocycles. The van der Waals surface area contributed by atoms with Crippen LogP contribution in [0.25, 0.3) is 0 Å². The monoisotopic (exact) mass is 272 g/mol. The fraction of sp³-hybridized carbons (Fsp3) is 0.857. The molecule has 1 saturated carbocycles. The first kappa shape index (κ1) is 16.0. The van der Waals surface area contributed by atoms with Gasteiger partial charge in [0, 0.05) is 6.61 Å². The molecule has 2 aliphatic rings. The summed E-state index contributed by atoms with van der Waals surface area (Å²) in [5.74, 6) is -0.767. The van der Waals surface area contributed by atoms with Crippen molar-refractivity contribution < 1.29 is 24.2 Å². The first-order valence-corrected chi connectivity index (χ1v) is 7.09. The van der Waals surface area contributed by atoms with Gasteiger partial charge in [-0.1, -0.05) is 12.8 Å². The minimum Gasteiger partial charge on any atom is -0.481 e. The fourth-order valence-electron chi connectivity index (χ4n) is 2.25. The van der Waals surface area contributed by atoms with Crippen LogP contribution in [-0.2, 0) is 19.1 Å². The van der Waals surface area contributed by atoms with Gasteiger partial charge in [0.05, 0.1) is 25.0 Å². The van der Waals surface area contributed by atoms with Gasteiger partial charge in [-0.3, -0.25) is 9.59 Å². The fourth-order valence-corrected chi connectivity index (χ4v) is 2.25. The lowest BCUT2D eigenvalue weighted by atomic mass is 10.1. The van der Waals surface area contributed by atoms with E-state index in [0.717, 1.165) is 45.1 Å². The van der Waals surface area contributed by atoms with Crippen LogP contribution >= 0.6 is 0 Å². The van der Waals surface area contributed by atoms with Crippen molar-refractivity contribution in [1.82, 2.24) is 0 Å². The number of aliphatic carboxylic acids is 1. The Morgan fingerprint density at radius 1 is 1.16 bits per heavy atom. The van der Waals surface area contributed by atoms with Crippen molar-refractivity contribution in [3.05, 3.63) is 0 Å². The second-order valence-corrected chi connectivity index (χ2v) is 5.12. The second-order valence-electron chi connectivity index (χ2n) is 5.12. The normalized spacial score (nSPS) is 25.3. The van der Waals surface area contributed by atoms with Crippen molar-refractivity contribution in [2.45, 2.75) is 58.0 Å². The molecular formula is C14H24O5. The molecule has 0 radical (unpaired) electrons. The van der Waals surface area contributed by atoms with Crippen molar-refractivity contribution >= 4 is 11.9 Å². The number of hydrogen-bond acceptors (Lipinski definition) is 4. The molecule has 1 N–H and O–H groups in total. The number of rotatable bonds is 1. The highest BCUT2D eigenvalue weighted by Crippen LogP contribution is 2.24. The second kappa shape index (κ2) is 8.91. The Morgan fingerprint density at radius 3 is 2.42 bits per heavy atom. The third-order valence-corrected chi connectivity index (χ3v) is 3.39. The van der Waals surface area contributed by atoms with Crippen LogP contribution in [0.1, 0.15) is 51.9 Å². The van der Waals surface area contributed by atoms with Crippen LogP contribution in [-0.4, -0.2) is 36.4 Å². The molecule has 110 valence electrons. The van der Waals surface area contributed by atoms with Crippen molar-refractivity contribution in [2.24, 2.45) is 5.92 Å². The predicted molar refractivity (Wildman–Crippen MR) is 69.8 cm³/mol. The van der Waals surface area contributed by atoms with Gasteiger partial charge in [0.1, 0.15) is 0 Å². The lowest BCUT2D eigenvalue weighted by molar-refractivity contribution is -0.148. The third-order valence-electron chi connectivity index (χ3n) is 3.39. The Balaban J connectivity index is 0.000000200. The molecule has 0 bridgehead atoms. The molecule has 0 aromatic rings. The number of carboxylic acids is 1. The molecule has 0 aromatic carbocycles. The Morgan fingerprint density at radius 2 is 1.84 bits per heavy atom. The average molecular weight is 272 g/mol. The molecule has 5 heteroatoms. The van der Waals surface area contributed by atoms with Crippen LogP contribution in [0.5, 0.6) is 0 Å². The van der Waals surface area contributed by atoms with E-state index in [0.29, 0.717) is 13.0 Å². The van der Waals surface area contributed by atoms with Crippen molar-refractivity contribution in [3.8, 4) is 0 Å². The quantitative estimate of drug-likeness (QED) is 0.742. The van der Waals surface area contributed by atoms with Crippen molar-refractivity contribution in [1.29, 1.82) is 0 Å². The molecule has 2 rings (SSSR count). The highest BCUT2D eigenvalue weighted by atomic mass is 16.5. The first-order chi connectivity index (χ1) is 9.09. The van der Waals surface area contributed by atoms with Crippen molar-refractivity contribution in [2.75, 3.05) is 13.2 Å². The number of cyclic esters (lactones) is 1. The van der Waals surface area contributed by atoms with E-state index in [9.17, 15) is 9.59 Å². The lowest BCUT2D eigenvalue weighted by Crippen LogP contribution is -2.14. The third kappa shape index (κ3) is 7.15. The maximum atomic E-state index is 10.9. The Labute approximate surface area is 114 Å². The van der Waals surface area contributed by atoms with Gasteiger partial charge in [0.15, 0.2) is 0 Å². The molecule has 5 nitrogen and oxygen atoms in total. The maximum absolute atomic E-state index is 10.9. The van der Waals surface area contributed by atoms with Crippen LogP contribution in [0, 0.1) is 5.92 Å². The Hall–Kier alpha value is -1.10. The lowest BCUT2D eigenvalue weighted by Gasteiger charge is -2.09. The van der Waals surface area contributed by atoms with Gasteiger partial charge in [0.25, 0.3) is 0 Å². The number of carbonyl (C=O) groups is 2. The molecule has 1 unspecified atom stereocenters. The van der Waals surface area contributed by atoms with Gasteiger partial charge in [0.2, 0.25) is 0 Å². The molecule has 0 aromatic heterocycles. The Bertz CT molecular complexity index is 284. The highest BCUT2D eigenvalue weighted by Gasteiger charge is 2.21. The summed E-state index contributed by atoms with van der Waals surface area (Å²) in [6.07, 6.45) is 6.35. The molecule has 19 heavy (non-hydrogen) atoms. The summed E-state index contributed by atoms with van der Waals surface area (Å²) in [6.45, 7) is 3.18. The van der Waals surface area contributed by atoms with Crippen molar-refractivity contribution in [3.63, 3.8) is 0 Å². The van der Waals surface area contributed by atoms with Gasteiger partial charge in [-0.25, -0.2) is 0 Å². The van der Waals surface area contributed by atoms with Gasteiger partial charge in [-0.15, -0.1) is 0 Å². The molecule has 1 saturated heterocycles. The summed E-state index contributed by atoms with van der Waals surface area (Å²) in [4.78, 5) is 21.1. The zero-order chi connectivity index (χ0) is 14.1. The Kier molecular flexibility index (Phi) is 7.48. The van der Waals surface area contributed by atoms with Crippen LogP contribution in [0.2, 0.25) is 0 Å². The molecular weight excluding hydrogens is 248 g/mol. The van der Waals surface area contributed by atoms with E-state index >= 15 is 0 Å². The molecule has 0 spiro atoms. The zero-order valence-corrected chi connectivity index (χ0v) is 11.6. The summed E-state index contributed by atoms with van der Waals surface area (Å²) in [5.41, 5.74) is 0. The number of hydrogen-bond donors (Lipinski definition) is 1. The van der Waals surface area contributed by atoms with Gasteiger partial charge >= 0.3 is 11.9 Å². The van der Waals surface area contributed by atoms with E-state index in [1.54, 1.807) is 0 Å². The maximum Gasteiger partial charge on any atom is 0.308 e. The number of esters is 1.